The molecule has 2 heterocycles. The van der Waals surface area contributed by atoms with Crippen molar-refractivity contribution < 1.29 is 26.1 Å². The van der Waals surface area contributed by atoms with Crippen LogP contribution in [0.2, 0.25) is 0 Å². The first-order chi connectivity index (χ1) is 11.8. The van der Waals surface area contributed by atoms with Gasteiger partial charge in [0.2, 0.25) is 15.8 Å². The highest BCUT2D eigenvalue weighted by Gasteiger charge is 2.36. The second-order valence-corrected chi connectivity index (χ2v) is 8.89. The summed E-state index contributed by atoms with van der Waals surface area (Å²) >= 11 is 0.948. The predicted molar refractivity (Wildman–Crippen MR) is 86.6 cm³/mol. The van der Waals surface area contributed by atoms with Gasteiger partial charge in [0, 0.05) is 23.1 Å². The van der Waals surface area contributed by atoms with E-state index >= 15 is 0 Å². The molecule has 1 aliphatic carbocycles. The first kappa shape index (κ1) is 18.4. The molecule has 0 aromatic carbocycles. The molecular formula is C15H17F3N2O3S2. The minimum absolute atomic E-state index is 0.0421. The van der Waals surface area contributed by atoms with Crippen LogP contribution in [-0.4, -0.2) is 19.6 Å². The average Bonchev–Trinajstić information content (AvgIpc) is 3.13. The monoisotopic (exact) mass is 394 g/mol. The number of rotatable bonds is 4. The Morgan fingerprint density at radius 1 is 1.16 bits per heavy atom. The minimum Gasteiger partial charge on any atom is -0.351 e. The maximum Gasteiger partial charge on any atom is 0.452 e. The van der Waals surface area contributed by atoms with Crippen molar-refractivity contribution in [2.45, 2.75) is 55.0 Å². The molecule has 0 radical (unpaired) electrons. The Bertz CT molecular complexity index is 819. The van der Waals surface area contributed by atoms with Crippen LogP contribution in [0.1, 0.15) is 44.3 Å². The average molecular weight is 394 g/mol. The van der Waals surface area contributed by atoms with Crippen LogP contribution in [0.25, 0.3) is 11.3 Å². The highest BCUT2D eigenvalue weighted by atomic mass is 32.2. The fourth-order valence-corrected chi connectivity index (χ4v) is 5.31. The first-order valence-electron chi connectivity index (χ1n) is 7.91. The Morgan fingerprint density at radius 2 is 1.84 bits per heavy atom. The van der Waals surface area contributed by atoms with Gasteiger partial charge in [-0.25, -0.2) is 13.1 Å². The van der Waals surface area contributed by atoms with E-state index in [-0.39, 0.29) is 21.5 Å². The van der Waals surface area contributed by atoms with E-state index in [0.717, 1.165) is 55.9 Å². The van der Waals surface area contributed by atoms with Crippen molar-refractivity contribution in [2.75, 3.05) is 0 Å². The number of hydrogen-bond donors (Lipinski definition) is 1. The third kappa shape index (κ3) is 4.42. The molecule has 0 spiro atoms. The van der Waals surface area contributed by atoms with E-state index in [1.165, 1.54) is 11.4 Å². The predicted octanol–water partition coefficient (Wildman–Crippen LogP) is 4.42. The van der Waals surface area contributed by atoms with Crippen molar-refractivity contribution in [3.05, 3.63) is 23.3 Å². The lowest BCUT2D eigenvalue weighted by Gasteiger charge is -2.15. The van der Waals surface area contributed by atoms with Gasteiger partial charge >= 0.3 is 6.18 Å². The molecular weight excluding hydrogens is 377 g/mol. The summed E-state index contributed by atoms with van der Waals surface area (Å²) in [6.07, 6.45) is 1.16. The number of aromatic nitrogens is 1. The Balaban J connectivity index is 1.76. The van der Waals surface area contributed by atoms with Gasteiger partial charge in [-0.3, -0.25) is 0 Å². The zero-order chi connectivity index (χ0) is 18.1. The smallest absolute Gasteiger partial charge is 0.351 e. The molecule has 1 fully saturated rings. The summed E-state index contributed by atoms with van der Waals surface area (Å²) in [6, 6.07) is 1.99. The molecule has 5 nitrogen and oxygen atoms in total. The lowest BCUT2D eigenvalue weighted by molar-refractivity contribution is -0.155. The van der Waals surface area contributed by atoms with Crippen LogP contribution < -0.4 is 4.72 Å². The normalized spacial score (nSPS) is 17.6. The topological polar surface area (TPSA) is 72.2 Å². The Labute approximate surface area is 147 Å². The maximum atomic E-state index is 12.6. The van der Waals surface area contributed by atoms with Gasteiger partial charge in [0.25, 0.3) is 0 Å². The quantitative estimate of drug-likeness (QED) is 0.779. The number of alkyl halides is 3. The van der Waals surface area contributed by atoms with Crippen LogP contribution in [0.5, 0.6) is 0 Å². The van der Waals surface area contributed by atoms with Crippen molar-refractivity contribution in [1.82, 2.24) is 9.88 Å². The van der Waals surface area contributed by atoms with Crippen molar-refractivity contribution in [3.8, 4) is 11.3 Å². The van der Waals surface area contributed by atoms with E-state index in [4.69, 9.17) is 0 Å². The van der Waals surface area contributed by atoms with Crippen LogP contribution in [0, 0.1) is 0 Å². The summed E-state index contributed by atoms with van der Waals surface area (Å²) in [5.41, 5.74) is 0.241. The third-order valence-electron chi connectivity index (χ3n) is 4.10. The van der Waals surface area contributed by atoms with Crippen molar-refractivity contribution in [1.29, 1.82) is 0 Å². The zero-order valence-electron chi connectivity index (χ0n) is 13.2. The summed E-state index contributed by atoms with van der Waals surface area (Å²) in [6.45, 7) is 0. The highest BCUT2D eigenvalue weighted by Crippen LogP contribution is 2.34. The number of nitrogens with zero attached hydrogens (tertiary/aromatic N) is 1. The fraction of sp³-hybridized carbons (Fsp3) is 0.533. The SMILES string of the molecule is O=S(=O)(NC1CCCCCC1)c1cc(-c2cc(C(F)(F)F)on2)cs1. The molecule has 0 aliphatic heterocycles. The molecule has 25 heavy (non-hydrogen) atoms. The second-order valence-electron chi connectivity index (χ2n) is 6.04. The first-order valence-corrected chi connectivity index (χ1v) is 10.3. The standard InChI is InChI=1S/C15H17F3N2O3S2/c16-15(17,18)13-8-12(19-23-13)10-7-14(24-9-10)25(21,22)20-11-5-3-1-2-4-6-11/h7-9,11,20H,1-6H2. The van der Waals surface area contributed by atoms with Crippen LogP contribution >= 0.6 is 11.3 Å². The third-order valence-corrected chi connectivity index (χ3v) is 7.06. The van der Waals surface area contributed by atoms with Crippen LogP contribution in [0.4, 0.5) is 13.2 Å². The van der Waals surface area contributed by atoms with Crippen molar-refractivity contribution in [2.24, 2.45) is 0 Å². The molecule has 1 N–H and O–H groups in total. The lowest BCUT2D eigenvalue weighted by Crippen LogP contribution is -2.33. The summed E-state index contributed by atoms with van der Waals surface area (Å²) < 4.78 is 69.7. The Kier molecular flexibility index (Phi) is 5.21. The molecule has 0 amide bonds. The van der Waals surface area contributed by atoms with Gasteiger partial charge in [-0.15, -0.1) is 11.3 Å². The van der Waals surface area contributed by atoms with Crippen LogP contribution in [-0.2, 0) is 16.2 Å². The van der Waals surface area contributed by atoms with Crippen molar-refractivity contribution >= 4 is 21.4 Å². The molecule has 0 atom stereocenters. The minimum atomic E-state index is -4.63. The molecule has 2 aromatic rings. The van der Waals surface area contributed by atoms with Gasteiger partial charge < -0.3 is 4.52 Å². The van der Waals surface area contributed by atoms with E-state index < -0.39 is 22.0 Å². The van der Waals surface area contributed by atoms with E-state index in [1.54, 1.807) is 0 Å². The van der Waals surface area contributed by atoms with Gasteiger partial charge in [-0.05, 0) is 18.9 Å². The van der Waals surface area contributed by atoms with Crippen LogP contribution in [0.15, 0.2) is 26.2 Å². The molecule has 0 saturated heterocycles. The number of hydrogen-bond acceptors (Lipinski definition) is 5. The fourth-order valence-electron chi connectivity index (χ4n) is 2.81. The van der Waals surface area contributed by atoms with Crippen LogP contribution in [0.3, 0.4) is 0 Å². The molecule has 2 aromatic heterocycles. The van der Waals surface area contributed by atoms with Gasteiger partial charge in [-0.2, -0.15) is 13.2 Å². The summed E-state index contributed by atoms with van der Waals surface area (Å²) in [7, 11) is -3.70. The number of nitrogens with one attached hydrogen (secondary N) is 1. The van der Waals surface area contributed by atoms with E-state index in [9.17, 15) is 21.6 Å². The molecule has 0 bridgehead atoms. The summed E-state index contributed by atoms with van der Waals surface area (Å²) in [5, 5.41) is 4.83. The molecule has 0 unspecified atom stereocenters. The molecule has 1 aliphatic rings. The molecule has 3 rings (SSSR count). The summed E-state index contributed by atoms with van der Waals surface area (Å²) in [4.78, 5) is 0. The lowest BCUT2D eigenvalue weighted by atomic mass is 10.1. The van der Waals surface area contributed by atoms with Gasteiger partial charge in [-0.1, -0.05) is 30.8 Å². The largest absolute Gasteiger partial charge is 0.452 e. The van der Waals surface area contributed by atoms with Crippen molar-refractivity contribution in [3.63, 3.8) is 0 Å². The number of halogens is 3. The Hall–Kier alpha value is -1.39. The van der Waals surface area contributed by atoms with E-state index in [2.05, 4.69) is 14.4 Å². The second kappa shape index (κ2) is 7.08. The number of sulfonamides is 1. The molecule has 138 valence electrons. The summed E-state index contributed by atoms with van der Waals surface area (Å²) in [5.74, 6) is -1.21. The zero-order valence-corrected chi connectivity index (χ0v) is 14.8. The van der Waals surface area contributed by atoms with Gasteiger partial charge in [0.05, 0.1) is 0 Å². The highest BCUT2D eigenvalue weighted by molar-refractivity contribution is 7.91. The van der Waals surface area contributed by atoms with E-state index in [0.29, 0.717) is 0 Å². The molecule has 10 heteroatoms. The maximum absolute atomic E-state index is 12.6. The number of thiophene rings is 1. The van der Waals surface area contributed by atoms with E-state index in [1.807, 2.05) is 0 Å². The van der Waals surface area contributed by atoms with Gasteiger partial charge in [0.1, 0.15) is 9.90 Å². The van der Waals surface area contributed by atoms with Gasteiger partial charge in [0.15, 0.2) is 0 Å². The molecule has 1 saturated carbocycles. The Morgan fingerprint density at radius 3 is 2.44 bits per heavy atom.